The summed E-state index contributed by atoms with van der Waals surface area (Å²) >= 11 is 0. The molecule has 6 nitrogen and oxygen atoms in total. The Bertz CT molecular complexity index is 664. The van der Waals surface area contributed by atoms with E-state index in [-0.39, 0.29) is 42.2 Å². The van der Waals surface area contributed by atoms with Gasteiger partial charge in [-0.1, -0.05) is 19.3 Å². The highest BCUT2D eigenvalue weighted by Gasteiger charge is 2.24. The lowest BCUT2D eigenvalue weighted by Gasteiger charge is -2.30. The van der Waals surface area contributed by atoms with E-state index in [1.807, 2.05) is 0 Å². The molecule has 1 fully saturated rings. The van der Waals surface area contributed by atoms with Gasteiger partial charge in [-0.15, -0.1) is 12.4 Å². The monoisotopic (exact) mass is 407 g/mol. The lowest BCUT2D eigenvalue weighted by molar-refractivity contribution is -0.122. The second-order valence-electron chi connectivity index (χ2n) is 6.41. The van der Waals surface area contributed by atoms with Crippen LogP contribution in [-0.4, -0.2) is 33.5 Å². The van der Waals surface area contributed by atoms with Crippen molar-refractivity contribution in [1.29, 1.82) is 0 Å². The molecule has 0 radical (unpaired) electrons. The van der Waals surface area contributed by atoms with Crippen molar-refractivity contribution in [2.45, 2.75) is 49.5 Å². The molecular formula is C17H27ClFN3O3S. The highest BCUT2D eigenvalue weighted by Crippen LogP contribution is 2.26. The van der Waals surface area contributed by atoms with Crippen LogP contribution in [0.15, 0.2) is 29.2 Å². The SMILES string of the molecule is Cl.NCC(NC(=O)CCNS(=O)(=O)c1ccc(F)cc1)C1CCCCC1. The van der Waals surface area contributed by atoms with Crippen LogP contribution in [0, 0.1) is 11.7 Å². The van der Waals surface area contributed by atoms with Gasteiger partial charge in [0.05, 0.1) is 4.90 Å². The Hall–Kier alpha value is -1.22. The third kappa shape index (κ3) is 6.83. The standard InChI is InChI=1S/C17H26FN3O3S.ClH/c18-14-6-8-15(9-7-14)25(23,24)20-11-10-17(22)21-16(12-19)13-4-2-1-3-5-13;/h6-9,13,16,20H,1-5,10-12,19H2,(H,21,22);1H. The van der Waals surface area contributed by atoms with E-state index in [9.17, 15) is 17.6 Å². The minimum atomic E-state index is -3.75. The molecule has 0 heterocycles. The molecule has 0 bridgehead atoms. The summed E-state index contributed by atoms with van der Waals surface area (Å²) in [5.74, 6) is -0.324. The molecule has 148 valence electrons. The van der Waals surface area contributed by atoms with Crippen LogP contribution in [0.3, 0.4) is 0 Å². The van der Waals surface area contributed by atoms with E-state index < -0.39 is 15.8 Å². The predicted octanol–water partition coefficient (Wildman–Crippen LogP) is 1.94. The number of carbonyl (C=O) groups excluding carboxylic acids is 1. The number of amides is 1. The fourth-order valence-electron chi connectivity index (χ4n) is 3.18. The molecule has 0 aliphatic heterocycles. The summed E-state index contributed by atoms with van der Waals surface area (Å²) < 4.78 is 39.3. The molecule has 1 amide bonds. The molecule has 1 saturated carbocycles. The van der Waals surface area contributed by atoms with Crippen molar-refractivity contribution in [3.05, 3.63) is 30.1 Å². The summed E-state index contributed by atoms with van der Waals surface area (Å²) in [5, 5.41) is 2.92. The second kappa shape index (κ2) is 10.8. The van der Waals surface area contributed by atoms with Crippen molar-refractivity contribution in [3.8, 4) is 0 Å². The number of sulfonamides is 1. The van der Waals surface area contributed by atoms with E-state index in [1.165, 1.54) is 18.6 Å². The van der Waals surface area contributed by atoms with Gasteiger partial charge in [0.1, 0.15) is 5.82 Å². The predicted molar refractivity (Wildman–Crippen MR) is 101 cm³/mol. The van der Waals surface area contributed by atoms with Crippen molar-refractivity contribution < 1.29 is 17.6 Å². The van der Waals surface area contributed by atoms with Crippen LogP contribution >= 0.6 is 12.4 Å². The zero-order chi connectivity index (χ0) is 18.3. The van der Waals surface area contributed by atoms with Crippen LogP contribution in [0.1, 0.15) is 38.5 Å². The van der Waals surface area contributed by atoms with Crippen LogP contribution in [0.5, 0.6) is 0 Å². The van der Waals surface area contributed by atoms with Gasteiger partial charge >= 0.3 is 0 Å². The first kappa shape index (κ1) is 22.8. The van der Waals surface area contributed by atoms with Gasteiger partial charge < -0.3 is 11.1 Å². The number of hydrogen-bond donors (Lipinski definition) is 3. The summed E-state index contributed by atoms with van der Waals surface area (Å²) in [6, 6.07) is 4.48. The maximum absolute atomic E-state index is 12.9. The molecule has 2 rings (SSSR count). The van der Waals surface area contributed by atoms with Gasteiger partial charge in [-0.05, 0) is 43.0 Å². The molecule has 0 spiro atoms. The van der Waals surface area contributed by atoms with Gasteiger partial charge in [0.2, 0.25) is 15.9 Å². The number of halogens is 2. The summed E-state index contributed by atoms with van der Waals surface area (Å²) in [5.41, 5.74) is 5.78. The van der Waals surface area contributed by atoms with Crippen LogP contribution in [0.25, 0.3) is 0 Å². The normalized spacial score (nSPS) is 16.5. The van der Waals surface area contributed by atoms with Crippen LogP contribution < -0.4 is 15.8 Å². The smallest absolute Gasteiger partial charge is 0.240 e. The van der Waals surface area contributed by atoms with Crippen molar-refractivity contribution in [2.75, 3.05) is 13.1 Å². The zero-order valence-electron chi connectivity index (χ0n) is 14.6. The van der Waals surface area contributed by atoms with Gasteiger partial charge in [-0.25, -0.2) is 17.5 Å². The summed E-state index contributed by atoms with van der Waals surface area (Å²) in [7, 11) is -3.75. The highest BCUT2D eigenvalue weighted by atomic mass is 35.5. The molecule has 1 aromatic rings. The molecule has 9 heteroatoms. The quantitative estimate of drug-likeness (QED) is 0.612. The van der Waals surface area contributed by atoms with E-state index in [0.717, 1.165) is 37.8 Å². The van der Waals surface area contributed by atoms with Crippen molar-refractivity contribution in [3.63, 3.8) is 0 Å². The Balaban J connectivity index is 0.00000338. The van der Waals surface area contributed by atoms with E-state index in [4.69, 9.17) is 5.73 Å². The Morgan fingerprint density at radius 3 is 2.38 bits per heavy atom. The molecular weight excluding hydrogens is 381 g/mol. The first-order chi connectivity index (χ1) is 11.9. The Morgan fingerprint density at radius 1 is 1.19 bits per heavy atom. The van der Waals surface area contributed by atoms with Crippen LogP contribution in [0.2, 0.25) is 0 Å². The van der Waals surface area contributed by atoms with E-state index >= 15 is 0 Å². The number of benzene rings is 1. The summed E-state index contributed by atoms with van der Waals surface area (Å²) in [6.07, 6.45) is 5.72. The Kier molecular flexibility index (Phi) is 9.49. The maximum atomic E-state index is 12.9. The first-order valence-electron chi connectivity index (χ1n) is 8.67. The molecule has 1 atom stereocenters. The zero-order valence-corrected chi connectivity index (χ0v) is 16.3. The van der Waals surface area contributed by atoms with Crippen molar-refractivity contribution >= 4 is 28.3 Å². The maximum Gasteiger partial charge on any atom is 0.240 e. The average Bonchev–Trinajstić information content (AvgIpc) is 2.60. The summed E-state index contributed by atoms with van der Waals surface area (Å²) in [4.78, 5) is 12.0. The Labute approximate surface area is 160 Å². The molecule has 1 aromatic carbocycles. The van der Waals surface area contributed by atoms with Gasteiger partial charge in [-0.3, -0.25) is 4.79 Å². The number of nitrogens with one attached hydrogen (secondary N) is 2. The van der Waals surface area contributed by atoms with Gasteiger partial charge in [0.15, 0.2) is 0 Å². The molecule has 4 N–H and O–H groups in total. The lowest BCUT2D eigenvalue weighted by atomic mass is 9.84. The van der Waals surface area contributed by atoms with Gasteiger partial charge in [-0.2, -0.15) is 0 Å². The first-order valence-corrected chi connectivity index (χ1v) is 10.2. The fourth-order valence-corrected chi connectivity index (χ4v) is 4.21. The summed E-state index contributed by atoms with van der Waals surface area (Å²) in [6.45, 7) is 0.366. The third-order valence-corrected chi connectivity index (χ3v) is 6.06. The van der Waals surface area contributed by atoms with Crippen molar-refractivity contribution in [2.24, 2.45) is 11.7 Å². The Morgan fingerprint density at radius 2 is 1.81 bits per heavy atom. The van der Waals surface area contributed by atoms with E-state index in [0.29, 0.717) is 12.5 Å². The van der Waals surface area contributed by atoms with E-state index in [2.05, 4.69) is 10.0 Å². The largest absolute Gasteiger partial charge is 0.352 e. The third-order valence-electron chi connectivity index (χ3n) is 4.59. The fraction of sp³-hybridized carbons (Fsp3) is 0.588. The minimum absolute atomic E-state index is 0. The van der Waals surface area contributed by atoms with E-state index in [1.54, 1.807) is 0 Å². The van der Waals surface area contributed by atoms with Crippen LogP contribution in [-0.2, 0) is 14.8 Å². The average molecular weight is 408 g/mol. The molecule has 0 saturated heterocycles. The topological polar surface area (TPSA) is 101 Å². The number of nitrogens with two attached hydrogens (primary N) is 1. The molecule has 26 heavy (non-hydrogen) atoms. The van der Waals surface area contributed by atoms with Crippen molar-refractivity contribution in [1.82, 2.24) is 10.0 Å². The highest BCUT2D eigenvalue weighted by molar-refractivity contribution is 7.89. The molecule has 1 aliphatic rings. The van der Waals surface area contributed by atoms with Gasteiger partial charge in [0.25, 0.3) is 0 Å². The molecule has 1 aliphatic carbocycles. The van der Waals surface area contributed by atoms with Gasteiger partial charge in [0, 0.05) is 25.6 Å². The minimum Gasteiger partial charge on any atom is -0.352 e. The van der Waals surface area contributed by atoms with Crippen LogP contribution in [0.4, 0.5) is 4.39 Å². The molecule has 0 aromatic heterocycles. The lowest BCUT2D eigenvalue weighted by Crippen LogP contribution is -2.46. The molecule has 1 unspecified atom stereocenters. The number of carbonyl (C=O) groups is 1. The number of rotatable bonds is 8. The number of hydrogen-bond acceptors (Lipinski definition) is 4. The second-order valence-corrected chi connectivity index (χ2v) is 8.18.